The molecule has 0 bridgehead atoms. The summed E-state index contributed by atoms with van der Waals surface area (Å²) in [6, 6.07) is 0. The summed E-state index contributed by atoms with van der Waals surface area (Å²) in [6.07, 6.45) is 6.86. The molecule has 6 heterocycles. The molecule has 6 rings (SSSR count). The molecule has 20 heteroatoms. The Morgan fingerprint density at radius 2 is 1.16 bits per heavy atom. The van der Waals surface area contributed by atoms with Gasteiger partial charge in [-0.05, 0) is 29.8 Å². The van der Waals surface area contributed by atoms with Gasteiger partial charge in [-0.15, -0.1) is 0 Å². The smallest absolute Gasteiger partial charge is 0.413 e. The Balaban J connectivity index is 0.000000326. The lowest BCUT2D eigenvalue weighted by Crippen LogP contribution is -2.12. The molecule has 0 aliphatic heterocycles. The molecular formula is C24H31BrN12O4S3. The minimum atomic E-state index is -0.527. The number of aromatic nitrogens is 9. The third kappa shape index (κ3) is 10.8. The number of nitrogens with one attached hydrogen (secondary N) is 2. The van der Waals surface area contributed by atoms with Crippen LogP contribution in [0.5, 0.6) is 0 Å². The number of anilines is 3. The molecular weight excluding hydrogens is 696 g/mol. The first-order chi connectivity index (χ1) is 19.8. The van der Waals surface area contributed by atoms with Crippen LogP contribution in [0.4, 0.5) is 25.0 Å². The number of nitrogens with two attached hydrogens (primary N) is 1. The van der Waals surface area contributed by atoms with Crippen LogP contribution in [0.2, 0.25) is 0 Å². The van der Waals surface area contributed by atoms with Gasteiger partial charge in [0.15, 0.2) is 46.8 Å². The fraction of sp³-hybridized carbons (Fsp3) is 0.292. The highest BCUT2D eigenvalue weighted by Gasteiger charge is 2.10. The number of hydrogen-bond acceptors (Lipinski definition) is 17. The predicted octanol–water partition coefficient (Wildman–Crippen LogP) is 6.65. The number of carbonyl (C=O) groups is 2. The zero-order valence-electron chi connectivity index (χ0n) is 21.1. The first-order valence-electron chi connectivity index (χ1n) is 11.4. The lowest BCUT2D eigenvalue weighted by atomic mass is 10.7. The van der Waals surface area contributed by atoms with Crippen LogP contribution in [-0.4, -0.2) is 70.3 Å². The van der Waals surface area contributed by atoms with Gasteiger partial charge in [0.05, 0.1) is 19.4 Å². The highest BCUT2D eigenvalue weighted by atomic mass is 79.9. The molecule has 2 amide bonds. The van der Waals surface area contributed by atoms with Crippen molar-refractivity contribution in [2.75, 3.05) is 29.6 Å². The van der Waals surface area contributed by atoms with Crippen LogP contribution >= 0.6 is 49.9 Å². The molecule has 0 atom stereocenters. The molecule has 6 aromatic heterocycles. The van der Waals surface area contributed by atoms with Gasteiger partial charge >= 0.3 is 12.2 Å². The summed E-state index contributed by atoms with van der Waals surface area (Å²) in [7, 11) is 0. The predicted molar refractivity (Wildman–Crippen MR) is 179 cm³/mol. The van der Waals surface area contributed by atoms with Crippen LogP contribution in [0, 0.1) is 0 Å². The summed E-state index contributed by atoms with van der Waals surface area (Å²) < 4.78 is 10.1. The van der Waals surface area contributed by atoms with Gasteiger partial charge in [-0.3, -0.25) is 10.6 Å². The van der Waals surface area contributed by atoms with E-state index in [1.54, 1.807) is 44.8 Å². The Kier molecular flexibility index (Phi) is 15.8. The zero-order chi connectivity index (χ0) is 29.2. The van der Waals surface area contributed by atoms with Crippen molar-refractivity contribution in [2.45, 2.75) is 36.1 Å². The van der Waals surface area contributed by atoms with Crippen molar-refractivity contribution in [3.05, 3.63) is 35.6 Å². The van der Waals surface area contributed by atoms with Gasteiger partial charge in [-0.1, -0.05) is 56.3 Å². The fourth-order valence-corrected chi connectivity index (χ4v) is 5.25. The molecule has 16 nitrogen and oxygen atoms in total. The number of thiazole rings is 3. The number of ether oxygens (including phenoxy) is 2. The summed E-state index contributed by atoms with van der Waals surface area (Å²) in [5.74, 6) is 0. The van der Waals surface area contributed by atoms with Gasteiger partial charge in [-0.25, -0.2) is 39.5 Å². The first-order valence-corrected chi connectivity index (χ1v) is 14.7. The Labute approximate surface area is 273 Å². The van der Waals surface area contributed by atoms with Crippen molar-refractivity contribution in [2.24, 2.45) is 0 Å². The quantitative estimate of drug-likeness (QED) is 0.173. The van der Waals surface area contributed by atoms with Crippen molar-refractivity contribution in [1.82, 2.24) is 44.9 Å². The highest BCUT2D eigenvalue weighted by molar-refractivity contribution is 9.10. The van der Waals surface area contributed by atoms with Crippen molar-refractivity contribution >= 4 is 109 Å². The number of carbonyl (C=O) groups excluding carboxylic acids is 2. The van der Waals surface area contributed by atoms with Gasteiger partial charge < -0.3 is 15.2 Å². The molecule has 0 aromatic carbocycles. The van der Waals surface area contributed by atoms with E-state index in [4.69, 9.17) is 15.2 Å². The van der Waals surface area contributed by atoms with Gasteiger partial charge in [-0.2, -0.15) is 15.0 Å². The standard InChI is InChI=1S/C8H7BrN4O2S.C8H8N4O2S.C5H4N4S.3CH4/c1-2-15-8(14)13-7-12-5-6(16-7)11-4(9)3-10-5;1-2-14-8(13)12-7-11-5-6(15-7)10-4-3-9-5;6-5-9-3-4(10-5)8-2-1-7-3;;;/h3H,2H2,1H3,(H,10,12,13,14);3-4H,2H2,1H3,(H,9,11,12,13);1-2H,(H2,6,7,9);3*1H4. The number of rotatable bonds is 4. The van der Waals surface area contributed by atoms with E-state index in [1.165, 1.54) is 34.0 Å². The summed E-state index contributed by atoms with van der Waals surface area (Å²) in [6.45, 7) is 4.12. The Morgan fingerprint density at radius 3 is 1.66 bits per heavy atom. The second-order valence-corrected chi connectivity index (χ2v) is 10.7. The number of halogens is 1. The van der Waals surface area contributed by atoms with Crippen molar-refractivity contribution < 1.29 is 19.1 Å². The van der Waals surface area contributed by atoms with Gasteiger partial charge in [0.25, 0.3) is 0 Å². The van der Waals surface area contributed by atoms with Crippen LogP contribution in [0.25, 0.3) is 31.4 Å². The van der Waals surface area contributed by atoms with Crippen LogP contribution in [0.1, 0.15) is 36.1 Å². The van der Waals surface area contributed by atoms with Crippen molar-refractivity contribution in [3.8, 4) is 0 Å². The average molecular weight is 728 g/mol. The second kappa shape index (κ2) is 18.4. The van der Waals surface area contributed by atoms with E-state index in [0.29, 0.717) is 59.8 Å². The molecule has 0 radical (unpaired) electrons. The molecule has 0 saturated carbocycles. The number of fused-ring (bicyclic) bond motifs is 3. The second-order valence-electron chi connectivity index (χ2n) is 6.97. The van der Waals surface area contributed by atoms with E-state index >= 15 is 0 Å². The number of nitrogen functional groups attached to an aromatic ring is 1. The van der Waals surface area contributed by atoms with Crippen molar-refractivity contribution in [1.29, 1.82) is 0 Å². The molecule has 0 unspecified atom stereocenters. The van der Waals surface area contributed by atoms with E-state index in [9.17, 15) is 9.59 Å². The lowest BCUT2D eigenvalue weighted by molar-refractivity contribution is 0.167. The zero-order valence-corrected chi connectivity index (χ0v) is 25.2. The topological polar surface area (TPSA) is 219 Å². The summed E-state index contributed by atoms with van der Waals surface area (Å²) in [4.78, 5) is 60.7. The molecule has 0 saturated heterocycles. The van der Waals surface area contributed by atoms with Gasteiger partial charge in [0.1, 0.15) is 4.60 Å². The van der Waals surface area contributed by atoms with Crippen molar-refractivity contribution in [3.63, 3.8) is 0 Å². The van der Waals surface area contributed by atoms with E-state index in [1.807, 2.05) is 0 Å². The largest absolute Gasteiger partial charge is 0.450 e. The Hall–Kier alpha value is -4.27. The third-order valence-electron chi connectivity index (χ3n) is 4.17. The van der Waals surface area contributed by atoms with E-state index in [-0.39, 0.29) is 22.3 Å². The van der Waals surface area contributed by atoms with E-state index in [0.717, 1.165) is 4.83 Å². The van der Waals surface area contributed by atoms with E-state index < -0.39 is 12.2 Å². The maximum absolute atomic E-state index is 11.1. The first kappa shape index (κ1) is 37.8. The number of hydrogen-bond donors (Lipinski definition) is 3. The Bertz CT molecular complexity index is 1720. The van der Waals surface area contributed by atoms with Gasteiger partial charge in [0, 0.05) is 24.8 Å². The van der Waals surface area contributed by atoms with Crippen LogP contribution < -0.4 is 16.4 Å². The third-order valence-corrected chi connectivity index (χ3v) is 7.06. The molecule has 0 aliphatic carbocycles. The molecule has 0 spiro atoms. The highest BCUT2D eigenvalue weighted by Crippen LogP contribution is 2.24. The van der Waals surface area contributed by atoms with E-state index in [2.05, 4.69) is 71.4 Å². The number of nitrogens with zero attached hydrogens (tertiary/aromatic N) is 9. The minimum Gasteiger partial charge on any atom is -0.450 e. The maximum Gasteiger partial charge on any atom is 0.413 e. The molecule has 4 N–H and O–H groups in total. The fourth-order valence-electron chi connectivity index (χ4n) is 2.69. The average Bonchev–Trinajstić information content (AvgIpc) is 3.64. The van der Waals surface area contributed by atoms with Crippen LogP contribution in [0.3, 0.4) is 0 Å². The monoisotopic (exact) mass is 726 g/mol. The molecule has 236 valence electrons. The van der Waals surface area contributed by atoms with Crippen LogP contribution in [-0.2, 0) is 9.47 Å². The van der Waals surface area contributed by atoms with Gasteiger partial charge in [0.2, 0.25) is 0 Å². The maximum atomic E-state index is 11.1. The summed E-state index contributed by atoms with van der Waals surface area (Å²) >= 11 is 7.05. The molecule has 44 heavy (non-hydrogen) atoms. The summed E-state index contributed by atoms with van der Waals surface area (Å²) in [5.41, 5.74) is 7.07. The SMILES string of the molecule is C.C.C.CCOC(=O)Nc1nc2ncc(Br)nc2s1.CCOC(=O)Nc1nc2nccnc2s1.Nc1nc2nccnc2s1. The normalized spacial score (nSPS) is 9.61. The summed E-state index contributed by atoms with van der Waals surface area (Å²) in [5, 5.41) is 6.38. The minimum absolute atomic E-state index is 0. The molecule has 0 fully saturated rings. The molecule has 0 aliphatic rings. The van der Waals surface area contributed by atoms with Crippen LogP contribution in [0.15, 0.2) is 35.6 Å². The Morgan fingerprint density at radius 1 is 0.705 bits per heavy atom. The number of amides is 2. The molecule has 6 aromatic rings. The lowest BCUT2D eigenvalue weighted by Gasteiger charge is -1.99.